The summed E-state index contributed by atoms with van der Waals surface area (Å²) in [4.78, 5) is 12.4. The lowest BCUT2D eigenvalue weighted by Crippen LogP contribution is -1.97. The van der Waals surface area contributed by atoms with Crippen molar-refractivity contribution in [2.45, 2.75) is 13.8 Å². The van der Waals surface area contributed by atoms with Crippen molar-refractivity contribution >= 4 is 45.3 Å². The minimum absolute atomic E-state index is 0.615. The first-order chi connectivity index (χ1) is 7.18. The zero-order valence-corrected chi connectivity index (χ0v) is 9.27. The predicted molar refractivity (Wildman–Crippen MR) is 64.1 cm³/mol. The summed E-state index contributed by atoms with van der Waals surface area (Å²) < 4.78 is 1.14. The third kappa shape index (κ3) is 1.07. The van der Waals surface area contributed by atoms with Crippen LogP contribution in [0.15, 0.2) is 6.33 Å². The van der Waals surface area contributed by atoms with E-state index in [1.54, 1.807) is 6.33 Å². The van der Waals surface area contributed by atoms with E-state index in [2.05, 4.69) is 21.9 Å². The molecular formula is C10H8BN3S. The van der Waals surface area contributed by atoms with Crippen molar-refractivity contribution < 1.29 is 0 Å². The molecule has 0 fully saturated rings. The number of aromatic amines is 1. The Morgan fingerprint density at radius 3 is 2.87 bits per heavy atom. The van der Waals surface area contributed by atoms with E-state index in [1.165, 1.54) is 11.3 Å². The molecule has 0 spiro atoms. The fourth-order valence-electron chi connectivity index (χ4n) is 1.94. The predicted octanol–water partition coefficient (Wildman–Crippen LogP) is 1.58. The molecule has 0 atom stereocenters. The number of nitrogens with zero attached hydrogens (tertiary/aromatic N) is 2. The zero-order chi connectivity index (χ0) is 10.6. The molecule has 2 aromatic heterocycles. The average molecular weight is 213 g/mol. The second-order valence-electron chi connectivity index (χ2n) is 3.61. The minimum atomic E-state index is 0.615. The number of H-pyrrole nitrogens is 1. The SMILES string of the molecule is [B]c1nc2c(C)c3[nH]cnc3c(C)c2s1. The van der Waals surface area contributed by atoms with E-state index in [1.807, 2.05) is 6.92 Å². The molecule has 0 saturated carbocycles. The molecule has 0 amide bonds. The van der Waals surface area contributed by atoms with Gasteiger partial charge in [-0.1, -0.05) is 0 Å². The highest BCUT2D eigenvalue weighted by atomic mass is 32.1. The molecular weight excluding hydrogens is 205 g/mol. The molecule has 3 rings (SSSR count). The number of aromatic nitrogens is 3. The molecule has 15 heavy (non-hydrogen) atoms. The molecule has 0 saturated heterocycles. The molecule has 72 valence electrons. The number of rotatable bonds is 0. The van der Waals surface area contributed by atoms with Crippen LogP contribution in [0.5, 0.6) is 0 Å². The quantitative estimate of drug-likeness (QED) is 0.576. The Morgan fingerprint density at radius 1 is 1.27 bits per heavy atom. The number of fused-ring (bicyclic) bond motifs is 2. The number of hydrogen-bond donors (Lipinski definition) is 1. The van der Waals surface area contributed by atoms with Crippen LogP contribution in [-0.4, -0.2) is 22.8 Å². The highest BCUT2D eigenvalue weighted by molar-refractivity contribution is 7.25. The summed E-state index contributed by atoms with van der Waals surface area (Å²) in [6.07, 6.45) is 1.72. The molecule has 2 heterocycles. The van der Waals surface area contributed by atoms with Crippen molar-refractivity contribution in [3.63, 3.8) is 0 Å². The van der Waals surface area contributed by atoms with Gasteiger partial charge in [0.05, 0.1) is 27.6 Å². The summed E-state index contributed by atoms with van der Waals surface area (Å²) in [5, 5.41) is 0. The van der Waals surface area contributed by atoms with E-state index in [9.17, 15) is 0 Å². The Bertz CT molecular complexity index is 614. The summed E-state index contributed by atoms with van der Waals surface area (Å²) in [5.41, 5.74) is 5.35. The Balaban J connectivity index is 2.67. The van der Waals surface area contributed by atoms with Gasteiger partial charge in [-0.15, -0.1) is 11.3 Å². The summed E-state index contributed by atoms with van der Waals surface area (Å²) in [5.74, 6) is 0. The lowest BCUT2D eigenvalue weighted by molar-refractivity contribution is 1.33. The van der Waals surface area contributed by atoms with Gasteiger partial charge in [0.1, 0.15) is 0 Å². The molecule has 1 aromatic carbocycles. The third-order valence-corrected chi connectivity index (χ3v) is 3.71. The average Bonchev–Trinajstić information content (AvgIpc) is 2.79. The Kier molecular flexibility index (Phi) is 1.68. The largest absolute Gasteiger partial charge is 0.344 e. The monoisotopic (exact) mass is 213 g/mol. The van der Waals surface area contributed by atoms with Crippen LogP contribution in [0.1, 0.15) is 11.1 Å². The fourth-order valence-corrected chi connectivity index (χ4v) is 2.83. The maximum Gasteiger partial charge on any atom is 0.157 e. The van der Waals surface area contributed by atoms with Crippen LogP contribution >= 0.6 is 11.3 Å². The first-order valence-corrected chi connectivity index (χ1v) is 5.48. The summed E-state index contributed by atoms with van der Waals surface area (Å²) in [6, 6.07) is 0. The van der Waals surface area contributed by atoms with Crippen LogP contribution in [0.3, 0.4) is 0 Å². The highest BCUT2D eigenvalue weighted by Gasteiger charge is 2.13. The van der Waals surface area contributed by atoms with Gasteiger partial charge < -0.3 is 4.98 Å². The van der Waals surface area contributed by atoms with Gasteiger partial charge in [0, 0.05) is 10.5 Å². The van der Waals surface area contributed by atoms with Gasteiger partial charge in [-0.2, -0.15) is 0 Å². The number of benzene rings is 1. The maximum atomic E-state index is 5.74. The van der Waals surface area contributed by atoms with E-state index >= 15 is 0 Å². The van der Waals surface area contributed by atoms with Gasteiger partial charge in [0.2, 0.25) is 0 Å². The summed E-state index contributed by atoms with van der Waals surface area (Å²) in [7, 11) is 5.74. The molecule has 0 unspecified atom stereocenters. The minimum Gasteiger partial charge on any atom is -0.344 e. The zero-order valence-electron chi connectivity index (χ0n) is 8.46. The smallest absolute Gasteiger partial charge is 0.157 e. The standard InChI is InChI=1S/C10H8BN3S/c1-4-6-7(13-3-12-6)5(2)9-8(4)14-10(11)15-9/h3H,1-2H3,(H,12,13). The van der Waals surface area contributed by atoms with Gasteiger partial charge in [-0.3, -0.25) is 4.98 Å². The van der Waals surface area contributed by atoms with Gasteiger partial charge in [-0.05, 0) is 19.4 Å². The molecule has 1 N–H and O–H groups in total. The topological polar surface area (TPSA) is 41.6 Å². The van der Waals surface area contributed by atoms with Crippen LogP contribution in [0.25, 0.3) is 21.3 Å². The Labute approximate surface area is 92.0 Å². The van der Waals surface area contributed by atoms with E-state index in [-0.39, 0.29) is 0 Å². The molecule has 3 aromatic rings. The Morgan fingerprint density at radius 2 is 2.07 bits per heavy atom. The van der Waals surface area contributed by atoms with Crippen LogP contribution in [0, 0.1) is 13.8 Å². The van der Waals surface area contributed by atoms with Crippen molar-refractivity contribution in [2.24, 2.45) is 0 Å². The molecule has 0 bridgehead atoms. The van der Waals surface area contributed by atoms with E-state index in [0.29, 0.717) is 4.91 Å². The molecule has 3 nitrogen and oxygen atoms in total. The van der Waals surface area contributed by atoms with Crippen molar-refractivity contribution in [3.8, 4) is 0 Å². The first-order valence-electron chi connectivity index (χ1n) is 4.66. The first kappa shape index (κ1) is 8.91. The number of nitrogens with one attached hydrogen (secondary N) is 1. The molecule has 0 aliphatic rings. The van der Waals surface area contributed by atoms with Gasteiger partial charge in [0.25, 0.3) is 0 Å². The van der Waals surface area contributed by atoms with Crippen molar-refractivity contribution in [1.29, 1.82) is 0 Å². The normalized spacial score (nSPS) is 11.6. The summed E-state index contributed by atoms with van der Waals surface area (Å²) >= 11 is 1.52. The second-order valence-corrected chi connectivity index (χ2v) is 4.64. The summed E-state index contributed by atoms with van der Waals surface area (Å²) in [6.45, 7) is 4.10. The lowest BCUT2D eigenvalue weighted by atomic mass is 10.1. The van der Waals surface area contributed by atoms with Crippen LogP contribution < -0.4 is 4.91 Å². The molecule has 0 aliphatic heterocycles. The molecule has 0 aliphatic carbocycles. The van der Waals surface area contributed by atoms with Crippen LogP contribution in [0.4, 0.5) is 0 Å². The number of aryl methyl sites for hydroxylation is 2. The lowest BCUT2D eigenvalue weighted by Gasteiger charge is -2.01. The van der Waals surface area contributed by atoms with Crippen LogP contribution in [-0.2, 0) is 0 Å². The number of hydrogen-bond acceptors (Lipinski definition) is 3. The second kappa shape index (κ2) is 2.82. The van der Waals surface area contributed by atoms with Gasteiger partial charge in [0.15, 0.2) is 7.85 Å². The molecule has 5 heteroatoms. The van der Waals surface area contributed by atoms with Crippen molar-refractivity contribution in [2.75, 3.05) is 0 Å². The van der Waals surface area contributed by atoms with E-state index in [4.69, 9.17) is 7.85 Å². The van der Waals surface area contributed by atoms with Crippen LogP contribution in [0.2, 0.25) is 0 Å². The van der Waals surface area contributed by atoms with Gasteiger partial charge >= 0.3 is 0 Å². The number of imidazole rings is 1. The fraction of sp³-hybridized carbons (Fsp3) is 0.200. The third-order valence-electron chi connectivity index (χ3n) is 2.71. The van der Waals surface area contributed by atoms with Gasteiger partial charge in [-0.25, -0.2) is 4.98 Å². The molecule has 2 radical (unpaired) electrons. The highest BCUT2D eigenvalue weighted by Crippen LogP contribution is 2.30. The van der Waals surface area contributed by atoms with E-state index < -0.39 is 0 Å². The maximum absolute atomic E-state index is 5.74. The Hall–Kier alpha value is -1.36. The van der Waals surface area contributed by atoms with Crippen molar-refractivity contribution in [1.82, 2.24) is 15.0 Å². The number of thiazole rings is 1. The van der Waals surface area contributed by atoms with E-state index in [0.717, 1.165) is 32.4 Å². The van der Waals surface area contributed by atoms with Crippen molar-refractivity contribution in [3.05, 3.63) is 17.5 Å².